The zero-order valence-electron chi connectivity index (χ0n) is 23.2. The number of hydrogen-bond donors (Lipinski definition) is 0. The van der Waals surface area contributed by atoms with Crippen LogP contribution in [0.4, 0.5) is 0 Å². The topological polar surface area (TPSA) is 39.9 Å². The van der Waals surface area contributed by atoms with E-state index < -0.39 is 0 Å². The molecule has 0 unspecified atom stereocenters. The van der Waals surface area contributed by atoms with Gasteiger partial charge < -0.3 is 4.74 Å². The fraction of sp³-hybridized carbons (Fsp3) is 0.0256. The van der Waals surface area contributed by atoms with Gasteiger partial charge in [-0.05, 0) is 82.6 Å². The van der Waals surface area contributed by atoms with Crippen LogP contribution in [0.2, 0.25) is 0 Å². The predicted octanol–water partition coefficient (Wildman–Crippen LogP) is 9.76. The highest BCUT2D eigenvalue weighted by molar-refractivity contribution is 6.17. The van der Waals surface area contributed by atoms with Crippen LogP contribution in [0.25, 0.3) is 60.8 Å². The second-order valence-electron chi connectivity index (χ2n) is 11.1. The third-order valence-electron chi connectivity index (χ3n) is 8.53. The number of hydrogen-bond acceptors (Lipinski definition) is 3. The van der Waals surface area contributed by atoms with Gasteiger partial charge in [-0.25, -0.2) is 4.98 Å². The molecule has 1 aliphatic carbocycles. The Balaban J connectivity index is 1.19. The summed E-state index contributed by atoms with van der Waals surface area (Å²) in [6, 6.07) is 44.3. The van der Waals surface area contributed by atoms with Crippen LogP contribution in [-0.4, -0.2) is 14.5 Å². The van der Waals surface area contributed by atoms with E-state index in [1.807, 2.05) is 42.7 Å². The molecule has 0 saturated heterocycles. The molecule has 0 spiro atoms. The Morgan fingerprint density at radius 1 is 0.605 bits per heavy atom. The summed E-state index contributed by atoms with van der Waals surface area (Å²) >= 11 is 0. The largest absolute Gasteiger partial charge is 0.457 e. The summed E-state index contributed by atoms with van der Waals surface area (Å²) < 4.78 is 8.77. The third kappa shape index (κ3) is 3.84. The van der Waals surface area contributed by atoms with E-state index in [1.165, 1.54) is 38.4 Å². The molecule has 0 amide bonds. The highest BCUT2D eigenvalue weighted by Gasteiger charge is 2.25. The smallest absolute Gasteiger partial charge is 0.137 e. The van der Waals surface area contributed by atoms with Gasteiger partial charge in [0.2, 0.25) is 0 Å². The maximum absolute atomic E-state index is 6.51. The zero-order valence-corrected chi connectivity index (χ0v) is 23.2. The molecule has 0 bridgehead atoms. The first-order valence-corrected chi connectivity index (χ1v) is 14.5. The molecular weight excluding hydrogens is 526 g/mol. The molecule has 8 aromatic rings. The number of rotatable bonds is 4. The van der Waals surface area contributed by atoms with E-state index in [1.54, 1.807) is 0 Å². The highest BCUT2D eigenvalue weighted by Crippen LogP contribution is 2.46. The van der Waals surface area contributed by atoms with E-state index in [-0.39, 0.29) is 0 Å². The molecule has 4 nitrogen and oxygen atoms in total. The second-order valence-corrected chi connectivity index (χ2v) is 11.1. The fourth-order valence-corrected chi connectivity index (χ4v) is 6.60. The first kappa shape index (κ1) is 23.9. The second kappa shape index (κ2) is 9.40. The van der Waals surface area contributed by atoms with Crippen LogP contribution in [0.1, 0.15) is 11.1 Å². The summed E-state index contributed by atoms with van der Waals surface area (Å²) in [7, 11) is 0. The molecule has 0 N–H and O–H groups in total. The Morgan fingerprint density at radius 2 is 1.47 bits per heavy atom. The molecule has 1 aliphatic rings. The molecule has 0 radical (unpaired) electrons. The number of nitrogens with zero attached hydrogens (tertiary/aromatic N) is 3. The number of fused-ring (bicyclic) bond motifs is 8. The summed E-state index contributed by atoms with van der Waals surface area (Å²) in [5, 5.41) is 4.75. The number of ether oxygens (including phenoxy) is 1. The molecule has 43 heavy (non-hydrogen) atoms. The van der Waals surface area contributed by atoms with Crippen LogP contribution in [0.5, 0.6) is 11.5 Å². The van der Waals surface area contributed by atoms with E-state index in [4.69, 9.17) is 14.7 Å². The van der Waals surface area contributed by atoms with Crippen molar-refractivity contribution in [2.75, 3.05) is 0 Å². The standard InChI is InChI=1S/C39H25N3O/c1-2-10-29-24-41-34(22-25(29)8-1)27-11-7-12-30(21-27)43-31-16-17-33-36(23-31)42(37-14-5-6-19-40-37)35-18-15-28-20-26-9-3-4-13-32(26)38(28)39(33)35/h1-19,21-24H,20H2. The van der Waals surface area contributed by atoms with Gasteiger partial charge in [-0.1, -0.05) is 72.8 Å². The van der Waals surface area contributed by atoms with Crippen molar-refractivity contribution in [3.8, 4) is 39.7 Å². The lowest BCUT2D eigenvalue weighted by molar-refractivity contribution is 0.483. The SMILES string of the molecule is c1ccc(-n2c3cc(Oc4cccc(-c5cc6ccccc6cn5)c4)ccc3c3c4c(ccc32)Cc2ccccc2-4)nc1. The average Bonchev–Trinajstić information content (AvgIpc) is 3.60. The lowest BCUT2D eigenvalue weighted by atomic mass is 9.99. The molecule has 5 aromatic carbocycles. The summed E-state index contributed by atoms with van der Waals surface area (Å²) in [6.07, 6.45) is 4.74. The minimum Gasteiger partial charge on any atom is -0.457 e. The van der Waals surface area contributed by atoms with Crippen molar-refractivity contribution in [1.82, 2.24) is 14.5 Å². The highest BCUT2D eigenvalue weighted by atomic mass is 16.5. The van der Waals surface area contributed by atoms with Gasteiger partial charge in [0.05, 0.1) is 16.7 Å². The van der Waals surface area contributed by atoms with Crippen molar-refractivity contribution in [3.05, 3.63) is 151 Å². The Labute approximate surface area is 248 Å². The monoisotopic (exact) mass is 551 g/mol. The van der Waals surface area contributed by atoms with Crippen molar-refractivity contribution >= 4 is 32.6 Å². The number of benzene rings is 5. The van der Waals surface area contributed by atoms with Crippen LogP contribution >= 0.6 is 0 Å². The van der Waals surface area contributed by atoms with Gasteiger partial charge in [-0.15, -0.1) is 0 Å². The minimum absolute atomic E-state index is 0.766. The maximum atomic E-state index is 6.51. The molecule has 0 aliphatic heterocycles. The lowest BCUT2D eigenvalue weighted by Crippen LogP contribution is -1.96. The Hall–Kier alpha value is -5.74. The summed E-state index contributed by atoms with van der Waals surface area (Å²) in [4.78, 5) is 9.47. The molecule has 3 heterocycles. The van der Waals surface area contributed by atoms with E-state index in [9.17, 15) is 0 Å². The van der Waals surface area contributed by atoms with Crippen molar-refractivity contribution in [2.45, 2.75) is 6.42 Å². The van der Waals surface area contributed by atoms with Crippen LogP contribution in [0.3, 0.4) is 0 Å². The van der Waals surface area contributed by atoms with Crippen molar-refractivity contribution < 1.29 is 4.74 Å². The predicted molar refractivity (Wildman–Crippen MR) is 174 cm³/mol. The molecule has 0 fully saturated rings. The molecule has 9 rings (SSSR count). The zero-order chi connectivity index (χ0) is 28.3. The van der Waals surface area contributed by atoms with Gasteiger partial charge in [0, 0.05) is 40.2 Å². The maximum Gasteiger partial charge on any atom is 0.137 e. The Bertz CT molecular complexity index is 2350. The first-order valence-electron chi connectivity index (χ1n) is 14.5. The summed E-state index contributed by atoms with van der Waals surface area (Å²) in [5.41, 5.74) is 9.55. The van der Waals surface area contributed by atoms with Gasteiger partial charge >= 0.3 is 0 Å². The van der Waals surface area contributed by atoms with Gasteiger partial charge in [-0.2, -0.15) is 0 Å². The van der Waals surface area contributed by atoms with E-state index in [0.717, 1.165) is 51.4 Å². The van der Waals surface area contributed by atoms with E-state index in [0.29, 0.717) is 0 Å². The molecule has 202 valence electrons. The molecular formula is C39H25N3O. The quantitative estimate of drug-likeness (QED) is 0.219. The van der Waals surface area contributed by atoms with E-state index >= 15 is 0 Å². The molecule has 0 atom stereocenters. The Morgan fingerprint density at radius 3 is 2.40 bits per heavy atom. The van der Waals surface area contributed by atoms with Gasteiger partial charge in [0.25, 0.3) is 0 Å². The van der Waals surface area contributed by atoms with Gasteiger partial charge in [-0.3, -0.25) is 9.55 Å². The van der Waals surface area contributed by atoms with Crippen LogP contribution in [0.15, 0.2) is 140 Å². The van der Waals surface area contributed by atoms with Crippen LogP contribution in [-0.2, 0) is 6.42 Å². The van der Waals surface area contributed by atoms with Gasteiger partial charge in [0.1, 0.15) is 17.3 Å². The minimum atomic E-state index is 0.766. The van der Waals surface area contributed by atoms with Crippen molar-refractivity contribution in [2.24, 2.45) is 0 Å². The number of aromatic nitrogens is 3. The fourth-order valence-electron chi connectivity index (χ4n) is 6.60. The average molecular weight is 552 g/mol. The summed E-state index contributed by atoms with van der Waals surface area (Å²) in [6.45, 7) is 0. The van der Waals surface area contributed by atoms with Crippen molar-refractivity contribution in [3.63, 3.8) is 0 Å². The van der Waals surface area contributed by atoms with E-state index in [2.05, 4.69) is 102 Å². The normalized spacial score (nSPS) is 12.1. The molecule has 3 aromatic heterocycles. The van der Waals surface area contributed by atoms with Crippen molar-refractivity contribution in [1.29, 1.82) is 0 Å². The molecule has 0 saturated carbocycles. The number of pyridine rings is 2. The molecule has 4 heteroatoms. The first-order chi connectivity index (χ1) is 21.3. The lowest BCUT2D eigenvalue weighted by Gasteiger charge is -2.10. The summed E-state index contributed by atoms with van der Waals surface area (Å²) in [5.74, 6) is 2.42. The third-order valence-corrected chi connectivity index (χ3v) is 8.53. The van der Waals surface area contributed by atoms with Crippen LogP contribution in [0, 0.1) is 0 Å². The van der Waals surface area contributed by atoms with Gasteiger partial charge in [0.15, 0.2) is 0 Å². The Kier molecular flexibility index (Phi) is 5.23. The van der Waals surface area contributed by atoms with Crippen LogP contribution < -0.4 is 4.74 Å².